The maximum absolute atomic E-state index is 12.6. The zero-order chi connectivity index (χ0) is 47.2. The molecule has 4 amide bonds. The number of ketones is 1. The second kappa shape index (κ2) is 32.5. The molecule has 0 aliphatic heterocycles. The molecular formula is C41H69N9O12S. The van der Waals surface area contributed by atoms with Gasteiger partial charge in [-0.3, -0.25) is 29.0 Å². The summed E-state index contributed by atoms with van der Waals surface area (Å²) in [5, 5.41) is 61.0. The number of Topliss-reactive ketones (excluding diaryl/α,β-unsaturated/α-hetero) is 1. The van der Waals surface area contributed by atoms with Crippen molar-refractivity contribution in [2.45, 2.75) is 83.2 Å². The molecule has 0 fully saturated rings. The van der Waals surface area contributed by atoms with Crippen molar-refractivity contribution in [2.75, 3.05) is 98.0 Å². The van der Waals surface area contributed by atoms with E-state index < -0.39 is 48.7 Å². The number of likely N-dealkylation sites (N-methyl/N-ethyl adjacent to an activating group) is 2. The van der Waals surface area contributed by atoms with E-state index in [-0.39, 0.29) is 50.9 Å². The Bertz CT molecular complexity index is 1590. The van der Waals surface area contributed by atoms with Gasteiger partial charge in [0.25, 0.3) is 0 Å². The number of carboxylic acid groups (broad SMARTS) is 4. The predicted molar refractivity (Wildman–Crippen MR) is 240 cm³/mol. The molecule has 21 nitrogen and oxygen atoms in total. The molecule has 0 heterocycles. The van der Waals surface area contributed by atoms with Crippen molar-refractivity contribution in [1.82, 2.24) is 40.9 Å². The molecule has 1 rings (SSSR count). The Morgan fingerprint density at radius 1 is 0.714 bits per heavy atom. The van der Waals surface area contributed by atoms with Gasteiger partial charge in [-0.15, -0.1) is 0 Å². The molecule has 0 radical (unpaired) electrons. The number of urea groups is 1. The molecule has 0 saturated heterocycles. The van der Waals surface area contributed by atoms with Crippen LogP contribution in [0.25, 0.3) is 0 Å². The van der Waals surface area contributed by atoms with E-state index in [1.807, 2.05) is 29.2 Å². The number of carbonyl (C=O) groups excluding carboxylic acids is 3. The number of nitrogens with zero attached hydrogens (tertiary/aromatic N) is 4. The summed E-state index contributed by atoms with van der Waals surface area (Å²) in [4.78, 5) is 88.0. The highest BCUT2D eigenvalue weighted by atomic mass is 32.1. The van der Waals surface area contributed by atoms with E-state index in [0.29, 0.717) is 70.1 Å². The van der Waals surface area contributed by atoms with Crippen molar-refractivity contribution < 1.29 is 59.1 Å². The van der Waals surface area contributed by atoms with Crippen LogP contribution in [-0.2, 0) is 30.4 Å². The zero-order valence-electron chi connectivity index (χ0n) is 36.8. The van der Waals surface area contributed by atoms with E-state index in [0.717, 1.165) is 43.4 Å². The van der Waals surface area contributed by atoms with Gasteiger partial charge in [0, 0.05) is 64.5 Å². The van der Waals surface area contributed by atoms with Gasteiger partial charge >= 0.3 is 30.0 Å². The van der Waals surface area contributed by atoms with Crippen LogP contribution in [0.3, 0.4) is 0 Å². The molecule has 0 bridgehead atoms. The third-order valence-electron chi connectivity index (χ3n) is 9.79. The number of rotatable bonds is 35. The lowest BCUT2D eigenvalue weighted by molar-refractivity contribution is -0.140. The molecule has 356 valence electrons. The summed E-state index contributed by atoms with van der Waals surface area (Å²) in [6.45, 7) is 3.43. The molecule has 2 unspecified atom stereocenters. The maximum Gasteiger partial charge on any atom is 0.407 e. The van der Waals surface area contributed by atoms with E-state index in [4.69, 9.17) is 17.3 Å². The molecule has 0 spiro atoms. The fraction of sp³-hybridized carbons (Fsp3) is 0.659. The number of benzene rings is 1. The smallest absolute Gasteiger partial charge is 0.407 e. The number of thiocarbonyl (C=S) groups is 1. The minimum Gasteiger partial charge on any atom is -0.480 e. The maximum atomic E-state index is 12.6. The Morgan fingerprint density at radius 3 is 1.97 bits per heavy atom. The van der Waals surface area contributed by atoms with Crippen LogP contribution in [0.5, 0.6) is 0 Å². The number of aliphatic hydroxyl groups excluding tert-OH is 1. The molecule has 0 saturated carbocycles. The second-order valence-corrected chi connectivity index (χ2v) is 15.9. The van der Waals surface area contributed by atoms with Crippen LogP contribution in [0.4, 0.5) is 15.3 Å². The zero-order valence-corrected chi connectivity index (χ0v) is 37.6. The van der Waals surface area contributed by atoms with Crippen LogP contribution in [0.1, 0.15) is 70.3 Å². The highest BCUT2D eigenvalue weighted by Gasteiger charge is 2.26. The van der Waals surface area contributed by atoms with E-state index in [2.05, 4.69) is 26.6 Å². The Kier molecular flexibility index (Phi) is 28.8. The summed E-state index contributed by atoms with van der Waals surface area (Å²) in [6, 6.07) is 4.93. The Balaban J connectivity index is 2.49. The minimum absolute atomic E-state index is 0.0129. The summed E-state index contributed by atoms with van der Waals surface area (Å²) < 4.78 is 0. The first kappa shape index (κ1) is 55.9. The van der Waals surface area contributed by atoms with Crippen molar-refractivity contribution in [1.29, 1.82) is 0 Å². The molecule has 63 heavy (non-hydrogen) atoms. The summed E-state index contributed by atoms with van der Waals surface area (Å²) >= 11 is 5.47. The highest BCUT2D eigenvalue weighted by Crippen LogP contribution is 2.16. The number of unbranched alkanes of at least 4 members (excludes halogenated alkanes) is 5. The van der Waals surface area contributed by atoms with Crippen LogP contribution in [0.2, 0.25) is 0 Å². The lowest BCUT2D eigenvalue weighted by atomic mass is 10.0. The first-order valence-electron chi connectivity index (χ1n) is 21.2. The van der Waals surface area contributed by atoms with Gasteiger partial charge < -0.3 is 61.9 Å². The van der Waals surface area contributed by atoms with Crippen LogP contribution in [0, 0.1) is 0 Å². The Labute approximate surface area is 374 Å². The van der Waals surface area contributed by atoms with Crippen LogP contribution in [-0.4, -0.2) is 197 Å². The first-order valence-corrected chi connectivity index (χ1v) is 21.6. The molecule has 0 aromatic heterocycles. The van der Waals surface area contributed by atoms with Crippen LogP contribution < -0.4 is 26.6 Å². The van der Waals surface area contributed by atoms with Gasteiger partial charge in [0.2, 0.25) is 5.91 Å². The standard InChI is InChI=1S/C41H69N9O12S/c1-30(52)27-47(2)19-20-49(29-37(56)57)21-22-50(41(61)62)33(28-48(3)23-24-51)25-31-13-15-32(16-14-31)45-40(63)43-18-9-6-4-5-7-12-35(53)42-17-10-8-11-34(38(58)59)46-39(60)44-26-36(54)55/h13-16,33-34,51H,4-12,17-29H2,1-3H3,(H,42,53)(H,54,55)(H,56,57)(H,58,59)(H,61,62)(H2,43,45,63)(H2,44,46,60). The number of nitrogens with one attached hydrogen (secondary N) is 5. The Hall–Kier alpha value is -5.16. The number of anilines is 1. The lowest BCUT2D eigenvalue weighted by Gasteiger charge is -2.34. The normalized spacial score (nSPS) is 12.0. The number of hydrogen-bond donors (Lipinski definition) is 10. The first-order chi connectivity index (χ1) is 29.9. The molecule has 1 aromatic rings. The average molecular weight is 912 g/mol. The molecule has 10 N–H and O–H groups in total. The summed E-state index contributed by atoms with van der Waals surface area (Å²) in [6.07, 6.45) is 5.06. The Morgan fingerprint density at radius 2 is 1.35 bits per heavy atom. The van der Waals surface area contributed by atoms with E-state index >= 15 is 0 Å². The van der Waals surface area contributed by atoms with E-state index in [1.54, 1.807) is 23.9 Å². The van der Waals surface area contributed by atoms with Gasteiger partial charge in [-0.2, -0.15) is 0 Å². The SMILES string of the molecule is CC(=O)CN(C)CCN(CCN(C(=O)O)C(Cc1ccc(NC(=S)NCCCCCCCC(=O)NCCCCC(NC(=O)NCC(=O)O)C(=O)O)cc1)CN(C)CCO)CC(=O)O. The van der Waals surface area contributed by atoms with Crippen molar-refractivity contribution >= 4 is 64.7 Å². The van der Waals surface area contributed by atoms with Gasteiger partial charge in [0.05, 0.1) is 25.7 Å². The van der Waals surface area contributed by atoms with Gasteiger partial charge in [-0.25, -0.2) is 14.4 Å². The summed E-state index contributed by atoms with van der Waals surface area (Å²) in [7, 11) is 3.56. The number of aliphatic carboxylic acids is 3. The molecule has 0 aliphatic carbocycles. The fourth-order valence-electron chi connectivity index (χ4n) is 6.54. The molecule has 2 atom stereocenters. The summed E-state index contributed by atoms with van der Waals surface area (Å²) in [5.74, 6) is -3.62. The van der Waals surface area contributed by atoms with E-state index in [9.17, 15) is 54.0 Å². The monoisotopic (exact) mass is 911 g/mol. The average Bonchev–Trinajstić information content (AvgIpc) is 3.19. The van der Waals surface area contributed by atoms with Gasteiger partial charge in [-0.05, 0) is 89.5 Å². The third kappa shape index (κ3) is 28.2. The minimum atomic E-state index is -1.25. The van der Waals surface area contributed by atoms with Crippen molar-refractivity contribution in [3.8, 4) is 0 Å². The van der Waals surface area contributed by atoms with Crippen molar-refractivity contribution in [3.05, 3.63) is 29.8 Å². The van der Waals surface area contributed by atoms with Crippen LogP contribution >= 0.6 is 12.2 Å². The van der Waals surface area contributed by atoms with Crippen LogP contribution in [0.15, 0.2) is 24.3 Å². The quantitative estimate of drug-likeness (QED) is 0.0338. The van der Waals surface area contributed by atoms with Gasteiger partial charge in [-0.1, -0.05) is 31.4 Å². The van der Waals surface area contributed by atoms with E-state index in [1.165, 1.54) is 11.8 Å². The molecular weight excluding hydrogens is 843 g/mol. The second-order valence-electron chi connectivity index (χ2n) is 15.5. The molecule has 1 aromatic carbocycles. The number of carboxylic acids is 3. The predicted octanol–water partition coefficient (Wildman–Crippen LogP) is 1.16. The number of hydrogen-bond acceptors (Lipinski definition) is 12. The molecule has 0 aliphatic rings. The third-order valence-corrected chi connectivity index (χ3v) is 10.0. The number of amides is 4. The van der Waals surface area contributed by atoms with Gasteiger partial charge in [0.15, 0.2) is 5.11 Å². The summed E-state index contributed by atoms with van der Waals surface area (Å²) in [5.41, 5.74) is 1.62. The largest absolute Gasteiger partial charge is 0.480 e. The number of carbonyl (C=O) groups is 7. The highest BCUT2D eigenvalue weighted by molar-refractivity contribution is 7.80. The van der Waals surface area contributed by atoms with Crippen molar-refractivity contribution in [2.24, 2.45) is 0 Å². The van der Waals surface area contributed by atoms with Gasteiger partial charge in [0.1, 0.15) is 18.4 Å². The molecule has 22 heteroatoms. The topological polar surface area (TPSA) is 294 Å². The van der Waals surface area contributed by atoms with Crippen molar-refractivity contribution in [3.63, 3.8) is 0 Å². The lowest BCUT2D eigenvalue weighted by Crippen LogP contribution is -2.50. The number of aliphatic hydroxyl groups is 1. The fourth-order valence-corrected chi connectivity index (χ4v) is 6.76.